The minimum absolute atomic E-state index is 0. The maximum Gasteiger partial charge on any atom is 0.253 e. The quantitative estimate of drug-likeness (QED) is 0.555. The highest BCUT2D eigenvalue weighted by molar-refractivity contribution is 5.98. The molecule has 32 heavy (non-hydrogen) atoms. The lowest BCUT2D eigenvalue weighted by atomic mass is 10.1. The largest absolute Gasteiger partial charge is 0.493 e. The number of benzene rings is 3. The van der Waals surface area contributed by atoms with E-state index in [4.69, 9.17) is 14.2 Å². The zero-order chi connectivity index (χ0) is 21.8. The van der Waals surface area contributed by atoms with E-state index < -0.39 is 0 Å². The number of halogens is 1. The molecule has 0 atom stereocenters. The number of methoxy groups -OCH3 is 3. The van der Waals surface area contributed by atoms with Crippen LogP contribution in [0.5, 0.6) is 17.2 Å². The Morgan fingerprint density at radius 3 is 2.03 bits per heavy atom. The highest BCUT2D eigenvalue weighted by atomic mass is 35.5. The molecule has 1 amide bonds. The lowest BCUT2D eigenvalue weighted by Crippen LogP contribution is -2.48. The van der Waals surface area contributed by atoms with Gasteiger partial charge in [0.1, 0.15) is 0 Å². The van der Waals surface area contributed by atoms with Crippen LogP contribution in [0.4, 0.5) is 0 Å². The first-order valence-electron chi connectivity index (χ1n) is 10.4. The van der Waals surface area contributed by atoms with Crippen LogP contribution in [0.15, 0.2) is 54.6 Å². The molecular formula is C25H29ClN2O4. The van der Waals surface area contributed by atoms with Gasteiger partial charge in [0.05, 0.1) is 21.3 Å². The maximum atomic E-state index is 13.0. The first-order chi connectivity index (χ1) is 15.1. The van der Waals surface area contributed by atoms with Crippen LogP contribution in [0.3, 0.4) is 0 Å². The van der Waals surface area contributed by atoms with Gasteiger partial charge in [-0.15, -0.1) is 12.4 Å². The van der Waals surface area contributed by atoms with Gasteiger partial charge in [0.25, 0.3) is 5.91 Å². The Hall–Kier alpha value is -2.96. The monoisotopic (exact) mass is 456 g/mol. The van der Waals surface area contributed by atoms with E-state index >= 15 is 0 Å². The van der Waals surface area contributed by atoms with Crippen LogP contribution < -0.4 is 14.2 Å². The summed E-state index contributed by atoms with van der Waals surface area (Å²) in [5.41, 5.74) is 1.83. The van der Waals surface area contributed by atoms with Crippen LogP contribution in [-0.2, 0) is 6.54 Å². The molecule has 1 aliphatic heterocycles. The molecule has 170 valence electrons. The van der Waals surface area contributed by atoms with Gasteiger partial charge in [0, 0.05) is 38.3 Å². The summed E-state index contributed by atoms with van der Waals surface area (Å²) in [4.78, 5) is 17.3. The average molecular weight is 457 g/mol. The van der Waals surface area contributed by atoms with Gasteiger partial charge >= 0.3 is 0 Å². The van der Waals surface area contributed by atoms with Gasteiger partial charge in [-0.2, -0.15) is 0 Å². The molecule has 0 unspecified atom stereocenters. The van der Waals surface area contributed by atoms with E-state index in [0.717, 1.165) is 41.5 Å². The van der Waals surface area contributed by atoms with Gasteiger partial charge in [-0.1, -0.05) is 30.3 Å². The van der Waals surface area contributed by atoms with Gasteiger partial charge in [-0.3, -0.25) is 9.69 Å². The Bertz CT molecular complexity index is 1060. The molecule has 3 aromatic rings. The van der Waals surface area contributed by atoms with Crippen molar-refractivity contribution < 1.29 is 19.0 Å². The van der Waals surface area contributed by atoms with Crippen molar-refractivity contribution in [3.05, 3.63) is 65.7 Å². The highest BCUT2D eigenvalue weighted by Crippen LogP contribution is 2.38. The first kappa shape index (κ1) is 23.7. The molecule has 1 heterocycles. The third kappa shape index (κ3) is 4.92. The second-order valence-corrected chi connectivity index (χ2v) is 7.66. The number of piperazine rings is 1. The number of carbonyl (C=O) groups is 1. The molecule has 1 aliphatic rings. The number of carbonyl (C=O) groups excluding carboxylic acids is 1. The van der Waals surface area contributed by atoms with E-state index in [1.54, 1.807) is 21.3 Å². The zero-order valence-corrected chi connectivity index (χ0v) is 19.5. The molecule has 7 heteroatoms. The topological polar surface area (TPSA) is 51.2 Å². The minimum Gasteiger partial charge on any atom is -0.493 e. The van der Waals surface area contributed by atoms with Crippen molar-refractivity contribution in [3.8, 4) is 17.2 Å². The van der Waals surface area contributed by atoms with E-state index in [9.17, 15) is 4.79 Å². The summed E-state index contributed by atoms with van der Waals surface area (Å²) >= 11 is 0. The normalized spacial score (nSPS) is 14.0. The van der Waals surface area contributed by atoms with E-state index in [1.807, 2.05) is 53.4 Å². The van der Waals surface area contributed by atoms with Crippen molar-refractivity contribution in [2.45, 2.75) is 6.54 Å². The predicted molar refractivity (Wildman–Crippen MR) is 128 cm³/mol. The van der Waals surface area contributed by atoms with E-state index in [1.165, 1.54) is 0 Å². The Labute approximate surface area is 195 Å². The van der Waals surface area contributed by atoms with E-state index in [-0.39, 0.29) is 18.3 Å². The summed E-state index contributed by atoms with van der Waals surface area (Å²) in [6.07, 6.45) is 0. The fraction of sp³-hybridized carbons (Fsp3) is 0.320. The van der Waals surface area contributed by atoms with E-state index in [0.29, 0.717) is 30.3 Å². The molecule has 0 spiro atoms. The van der Waals surface area contributed by atoms with Gasteiger partial charge < -0.3 is 19.1 Å². The summed E-state index contributed by atoms with van der Waals surface area (Å²) in [5, 5.41) is 2.24. The number of amides is 1. The average Bonchev–Trinajstić information content (AvgIpc) is 2.83. The Morgan fingerprint density at radius 1 is 0.812 bits per heavy atom. The van der Waals surface area contributed by atoms with Crippen molar-refractivity contribution in [1.29, 1.82) is 0 Å². The fourth-order valence-electron chi connectivity index (χ4n) is 4.10. The van der Waals surface area contributed by atoms with Crippen LogP contribution in [0.2, 0.25) is 0 Å². The standard InChI is InChI=1S/C25H28N2O4.ClH/c1-29-22-14-18(15-23(30-2)24(22)31-3)17-26-10-12-27(13-11-26)25(28)21-9-8-19-6-4-5-7-20(19)16-21;/h4-9,14-16H,10-13,17H2,1-3H3;1H. The molecule has 0 radical (unpaired) electrons. The lowest BCUT2D eigenvalue weighted by Gasteiger charge is -2.35. The Morgan fingerprint density at radius 2 is 1.44 bits per heavy atom. The Kier molecular flexibility index (Phi) is 7.83. The molecular weight excluding hydrogens is 428 g/mol. The zero-order valence-electron chi connectivity index (χ0n) is 18.7. The van der Waals surface area contributed by atoms with Crippen molar-refractivity contribution in [2.24, 2.45) is 0 Å². The number of hydrogen-bond donors (Lipinski definition) is 0. The molecule has 6 nitrogen and oxygen atoms in total. The number of hydrogen-bond acceptors (Lipinski definition) is 5. The number of ether oxygens (including phenoxy) is 3. The van der Waals surface area contributed by atoms with Gasteiger partial charge in [-0.05, 0) is 40.6 Å². The SMILES string of the molecule is COc1cc(CN2CCN(C(=O)c3ccc4ccccc4c3)CC2)cc(OC)c1OC.Cl. The number of nitrogens with zero attached hydrogens (tertiary/aromatic N) is 2. The summed E-state index contributed by atoms with van der Waals surface area (Å²) < 4.78 is 16.3. The second kappa shape index (κ2) is 10.6. The molecule has 3 aromatic carbocycles. The highest BCUT2D eigenvalue weighted by Gasteiger charge is 2.23. The fourth-order valence-corrected chi connectivity index (χ4v) is 4.10. The molecule has 0 bridgehead atoms. The molecule has 0 aliphatic carbocycles. The summed E-state index contributed by atoms with van der Waals surface area (Å²) in [5.74, 6) is 2.00. The minimum atomic E-state index is 0. The second-order valence-electron chi connectivity index (χ2n) is 7.66. The van der Waals surface area contributed by atoms with Gasteiger partial charge in [0.2, 0.25) is 5.75 Å². The van der Waals surface area contributed by atoms with Crippen molar-refractivity contribution in [3.63, 3.8) is 0 Å². The first-order valence-corrected chi connectivity index (χ1v) is 10.4. The lowest BCUT2D eigenvalue weighted by molar-refractivity contribution is 0.0628. The van der Waals surface area contributed by atoms with Crippen molar-refractivity contribution in [1.82, 2.24) is 9.80 Å². The summed E-state index contributed by atoms with van der Waals surface area (Å²) in [6.45, 7) is 3.80. The molecule has 4 rings (SSSR count). The molecule has 0 saturated carbocycles. The van der Waals surface area contributed by atoms with Crippen LogP contribution in [0.25, 0.3) is 10.8 Å². The third-order valence-electron chi connectivity index (χ3n) is 5.79. The van der Waals surface area contributed by atoms with Crippen LogP contribution in [0, 0.1) is 0 Å². The Balaban J connectivity index is 0.00000289. The van der Waals surface area contributed by atoms with Crippen molar-refractivity contribution >= 4 is 29.1 Å². The van der Waals surface area contributed by atoms with E-state index in [2.05, 4.69) is 11.0 Å². The van der Waals surface area contributed by atoms with Crippen LogP contribution >= 0.6 is 12.4 Å². The van der Waals surface area contributed by atoms with Crippen LogP contribution in [-0.4, -0.2) is 63.2 Å². The summed E-state index contributed by atoms with van der Waals surface area (Å²) in [6, 6.07) is 18.0. The summed E-state index contributed by atoms with van der Waals surface area (Å²) in [7, 11) is 4.85. The smallest absolute Gasteiger partial charge is 0.253 e. The van der Waals surface area contributed by atoms with Crippen molar-refractivity contribution in [2.75, 3.05) is 47.5 Å². The molecule has 1 fully saturated rings. The maximum absolute atomic E-state index is 13.0. The van der Waals surface area contributed by atoms with Gasteiger partial charge in [-0.25, -0.2) is 0 Å². The van der Waals surface area contributed by atoms with Gasteiger partial charge in [0.15, 0.2) is 11.5 Å². The predicted octanol–water partition coefficient (Wildman–Crippen LogP) is 4.25. The van der Waals surface area contributed by atoms with Crippen LogP contribution in [0.1, 0.15) is 15.9 Å². The molecule has 0 aromatic heterocycles. The number of fused-ring (bicyclic) bond motifs is 1. The third-order valence-corrected chi connectivity index (χ3v) is 5.79. The molecule has 1 saturated heterocycles. The molecule has 0 N–H and O–H groups in total. The number of rotatable bonds is 6.